The number of hydrogen-bond donors (Lipinski definition) is 0. The van der Waals surface area contributed by atoms with E-state index in [2.05, 4.69) is 96.1 Å². The summed E-state index contributed by atoms with van der Waals surface area (Å²) >= 11 is 7.29. The third-order valence-corrected chi connectivity index (χ3v) is 13.9. The first-order valence-corrected chi connectivity index (χ1v) is 18.0. The van der Waals surface area contributed by atoms with Crippen molar-refractivity contribution >= 4 is 19.9 Å². The van der Waals surface area contributed by atoms with Crippen LogP contribution in [0.2, 0.25) is 18.1 Å². The van der Waals surface area contributed by atoms with Gasteiger partial charge < -0.3 is 18.6 Å². The van der Waals surface area contributed by atoms with E-state index < -0.39 is 19.5 Å². The highest BCUT2D eigenvalue weighted by atomic mass is 35.5. The van der Waals surface area contributed by atoms with Crippen LogP contribution in [-0.2, 0) is 14.8 Å². The highest BCUT2D eigenvalue weighted by molar-refractivity contribution is 6.73. The molecule has 0 bridgehead atoms. The SMILES string of the molecule is CC[Si](CC)(CC)O[C@](C)(COC(c1ccccc1)(c1ccc(OC)cc1)c1ccc(OC)cc1)[C@H](Cl)CC=C(C)C. The van der Waals surface area contributed by atoms with Gasteiger partial charge in [0.25, 0.3) is 0 Å². The molecule has 0 spiro atoms. The summed E-state index contributed by atoms with van der Waals surface area (Å²) in [5.41, 5.74) is 2.57. The Labute approximate surface area is 260 Å². The fourth-order valence-corrected chi connectivity index (χ4v) is 8.95. The summed E-state index contributed by atoms with van der Waals surface area (Å²) in [4.78, 5) is 0. The fraction of sp³-hybridized carbons (Fsp3) is 0.444. The molecule has 0 saturated heterocycles. The zero-order valence-corrected chi connectivity index (χ0v) is 28.5. The van der Waals surface area contributed by atoms with Crippen LogP contribution in [-0.4, -0.2) is 40.1 Å². The molecule has 0 heterocycles. The van der Waals surface area contributed by atoms with Gasteiger partial charge in [-0.05, 0) is 86.3 Å². The maximum atomic E-state index is 7.32. The van der Waals surface area contributed by atoms with E-state index in [9.17, 15) is 0 Å². The molecular formula is C36H49ClO4Si. The van der Waals surface area contributed by atoms with Gasteiger partial charge >= 0.3 is 0 Å². The standard InChI is InChI=1S/C36H49ClO4Si/c1-9-42(10-2,11-3)41-35(6,34(37)26-17-28(4)5)27-40-36(29-15-13-12-14-16-29,30-18-22-32(38-7)23-19-30)31-20-24-33(39-8)25-21-31/h12-25,34H,9-11,26-27H2,1-8H3/t34-,35-/m1/s1. The van der Waals surface area contributed by atoms with Crippen LogP contribution >= 0.6 is 11.6 Å². The summed E-state index contributed by atoms with van der Waals surface area (Å²) < 4.78 is 25.6. The second kappa shape index (κ2) is 15.2. The Hall–Kier alpha value is -2.57. The molecular weight excluding hydrogens is 560 g/mol. The molecule has 0 amide bonds. The summed E-state index contributed by atoms with van der Waals surface area (Å²) in [6.45, 7) is 13.4. The lowest BCUT2D eigenvalue weighted by Gasteiger charge is -2.45. The van der Waals surface area contributed by atoms with Gasteiger partial charge in [0.05, 0.1) is 31.8 Å². The predicted octanol–water partition coefficient (Wildman–Crippen LogP) is 9.76. The molecule has 3 rings (SSSR count). The second-order valence-corrected chi connectivity index (χ2v) is 16.7. The van der Waals surface area contributed by atoms with Gasteiger partial charge in [-0.3, -0.25) is 0 Å². The van der Waals surface area contributed by atoms with Gasteiger partial charge in [-0.25, -0.2) is 0 Å². The molecule has 0 radical (unpaired) electrons. The number of halogens is 1. The Kier molecular flexibility index (Phi) is 12.3. The van der Waals surface area contributed by atoms with Crippen LogP contribution < -0.4 is 9.47 Å². The average Bonchev–Trinajstić information content (AvgIpc) is 3.03. The van der Waals surface area contributed by atoms with Crippen molar-refractivity contribution in [2.24, 2.45) is 0 Å². The molecule has 0 aliphatic heterocycles. The summed E-state index contributed by atoms with van der Waals surface area (Å²) in [6, 6.07) is 29.7. The minimum Gasteiger partial charge on any atom is -0.497 e. The number of allylic oxidation sites excluding steroid dienone is 2. The van der Waals surface area contributed by atoms with Crippen molar-refractivity contribution in [3.05, 3.63) is 107 Å². The molecule has 2 atom stereocenters. The normalized spacial score (nSPS) is 14.1. The van der Waals surface area contributed by atoms with E-state index in [-0.39, 0.29) is 5.38 Å². The number of hydrogen-bond acceptors (Lipinski definition) is 4. The van der Waals surface area contributed by atoms with Crippen molar-refractivity contribution in [3.8, 4) is 11.5 Å². The Morgan fingerprint density at radius 3 is 1.62 bits per heavy atom. The molecule has 0 N–H and O–H groups in total. The van der Waals surface area contributed by atoms with Crippen molar-refractivity contribution < 1.29 is 18.6 Å². The fourth-order valence-electron chi connectivity index (χ4n) is 5.56. The number of benzene rings is 3. The third-order valence-electron chi connectivity index (χ3n) is 8.53. The monoisotopic (exact) mass is 608 g/mol. The lowest BCUT2D eigenvalue weighted by Crippen LogP contribution is -2.54. The Morgan fingerprint density at radius 2 is 1.21 bits per heavy atom. The smallest absolute Gasteiger partial charge is 0.193 e. The molecule has 0 saturated carbocycles. The molecule has 0 unspecified atom stereocenters. The largest absolute Gasteiger partial charge is 0.497 e. The molecule has 3 aromatic carbocycles. The predicted molar refractivity (Wildman–Crippen MR) is 179 cm³/mol. The minimum absolute atomic E-state index is 0.274. The molecule has 0 aliphatic carbocycles. The first-order chi connectivity index (χ1) is 20.1. The molecule has 0 aliphatic rings. The highest BCUT2D eigenvalue weighted by Gasteiger charge is 2.46. The molecule has 228 valence electrons. The first kappa shape index (κ1) is 33.9. The quantitative estimate of drug-likeness (QED) is 0.0702. The van der Waals surface area contributed by atoms with Gasteiger partial charge in [0, 0.05) is 0 Å². The molecule has 42 heavy (non-hydrogen) atoms. The number of ether oxygens (including phenoxy) is 3. The van der Waals surface area contributed by atoms with Gasteiger partial charge in [0.2, 0.25) is 0 Å². The van der Waals surface area contributed by atoms with Crippen LogP contribution in [0.25, 0.3) is 0 Å². The zero-order valence-electron chi connectivity index (χ0n) is 26.7. The summed E-state index contributed by atoms with van der Waals surface area (Å²) in [5, 5.41) is -0.274. The van der Waals surface area contributed by atoms with Crippen molar-refractivity contribution in [2.75, 3.05) is 20.8 Å². The van der Waals surface area contributed by atoms with E-state index in [1.54, 1.807) is 14.2 Å². The van der Waals surface area contributed by atoms with Crippen LogP contribution in [0.15, 0.2) is 90.5 Å². The summed E-state index contributed by atoms with van der Waals surface area (Å²) in [6.07, 6.45) is 2.90. The van der Waals surface area contributed by atoms with Gasteiger partial charge in [-0.15, -0.1) is 11.6 Å². The Bertz CT molecular complexity index is 1200. The van der Waals surface area contributed by atoms with E-state index in [0.717, 1.165) is 46.3 Å². The minimum atomic E-state index is -2.05. The Morgan fingerprint density at radius 1 is 0.762 bits per heavy atom. The van der Waals surface area contributed by atoms with Gasteiger partial charge in [-0.2, -0.15) is 0 Å². The maximum Gasteiger partial charge on any atom is 0.193 e. The topological polar surface area (TPSA) is 36.9 Å². The first-order valence-electron chi connectivity index (χ1n) is 15.1. The molecule has 4 nitrogen and oxygen atoms in total. The number of methoxy groups -OCH3 is 2. The molecule has 6 heteroatoms. The summed E-state index contributed by atoms with van der Waals surface area (Å²) in [5.74, 6) is 1.58. The Balaban J connectivity index is 2.23. The highest BCUT2D eigenvalue weighted by Crippen LogP contribution is 2.44. The van der Waals surface area contributed by atoms with Crippen molar-refractivity contribution in [1.29, 1.82) is 0 Å². The van der Waals surface area contributed by atoms with Crippen LogP contribution in [0, 0.1) is 0 Å². The lowest BCUT2D eigenvalue weighted by atomic mass is 9.79. The second-order valence-electron chi connectivity index (χ2n) is 11.4. The lowest BCUT2D eigenvalue weighted by molar-refractivity contribution is -0.0771. The van der Waals surface area contributed by atoms with Crippen LogP contribution in [0.1, 0.15) is 64.7 Å². The van der Waals surface area contributed by atoms with E-state index in [4.69, 9.17) is 30.2 Å². The molecule has 0 aromatic heterocycles. The zero-order chi connectivity index (χ0) is 30.8. The van der Waals surface area contributed by atoms with Crippen LogP contribution in [0.4, 0.5) is 0 Å². The van der Waals surface area contributed by atoms with E-state index in [1.807, 2.05) is 30.3 Å². The van der Waals surface area contributed by atoms with Crippen molar-refractivity contribution in [1.82, 2.24) is 0 Å². The average molecular weight is 609 g/mol. The molecule has 0 fully saturated rings. The van der Waals surface area contributed by atoms with E-state index in [0.29, 0.717) is 13.0 Å². The van der Waals surface area contributed by atoms with E-state index in [1.165, 1.54) is 5.57 Å². The van der Waals surface area contributed by atoms with Crippen molar-refractivity contribution in [2.45, 2.75) is 82.7 Å². The number of rotatable bonds is 16. The number of alkyl halides is 1. The maximum absolute atomic E-state index is 7.32. The van der Waals surface area contributed by atoms with Crippen LogP contribution in [0.5, 0.6) is 11.5 Å². The van der Waals surface area contributed by atoms with Gasteiger partial charge in [-0.1, -0.05) is 87.0 Å². The van der Waals surface area contributed by atoms with Gasteiger partial charge in [0.15, 0.2) is 8.32 Å². The summed E-state index contributed by atoms with van der Waals surface area (Å²) in [7, 11) is 1.31. The van der Waals surface area contributed by atoms with E-state index >= 15 is 0 Å². The van der Waals surface area contributed by atoms with Crippen LogP contribution in [0.3, 0.4) is 0 Å². The third kappa shape index (κ3) is 7.68. The van der Waals surface area contributed by atoms with Crippen molar-refractivity contribution in [3.63, 3.8) is 0 Å². The van der Waals surface area contributed by atoms with Gasteiger partial charge in [0.1, 0.15) is 17.1 Å². The molecule has 3 aromatic rings.